The monoisotopic (exact) mass is 357 g/mol. The van der Waals surface area contributed by atoms with Crippen LogP contribution in [-0.2, 0) is 4.79 Å². The Balaban J connectivity index is 1.53. The van der Waals surface area contributed by atoms with Gasteiger partial charge in [-0.3, -0.25) is 14.4 Å². The molecule has 3 heterocycles. The van der Waals surface area contributed by atoms with Gasteiger partial charge in [0.15, 0.2) is 0 Å². The van der Waals surface area contributed by atoms with E-state index in [1.165, 1.54) is 12.8 Å². The minimum atomic E-state index is -0.436. The van der Waals surface area contributed by atoms with Gasteiger partial charge >= 0.3 is 0 Å². The molecular formula is C20H27N3O3. The number of likely N-dealkylation sites (tertiary alicyclic amines) is 2. The zero-order valence-corrected chi connectivity index (χ0v) is 15.6. The van der Waals surface area contributed by atoms with E-state index in [0.717, 1.165) is 31.6 Å². The van der Waals surface area contributed by atoms with E-state index in [9.17, 15) is 14.4 Å². The maximum Gasteiger partial charge on any atom is 0.261 e. The van der Waals surface area contributed by atoms with Crippen molar-refractivity contribution in [3.63, 3.8) is 0 Å². The topological polar surface area (TPSA) is 73.5 Å². The molecule has 0 bridgehead atoms. The highest BCUT2D eigenvalue weighted by Gasteiger charge is 2.50. The predicted octanol–water partition coefficient (Wildman–Crippen LogP) is 1.86. The van der Waals surface area contributed by atoms with E-state index in [1.54, 1.807) is 11.8 Å². The average Bonchev–Trinajstić information content (AvgIpc) is 3.29. The van der Waals surface area contributed by atoms with E-state index in [4.69, 9.17) is 0 Å². The first-order chi connectivity index (χ1) is 12.4. The molecule has 6 heteroatoms. The summed E-state index contributed by atoms with van der Waals surface area (Å²) in [5.41, 5.74) is 0.890. The van der Waals surface area contributed by atoms with Crippen LogP contribution in [0.15, 0.2) is 10.9 Å². The highest BCUT2D eigenvalue weighted by atomic mass is 16.2. The Labute approximate surface area is 153 Å². The van der Waals surface area contributed by atoms with Gasteiger partial charge in [0.25, 0.3) is 11.5 Å². The van der Waals surface area contributed by atoms with E-state index in [1.807, 2.05) is 17.9 Å². The number of rotatable bonds is 3. The molecule has 2 aliphatic heterocycles. The van der Waals surface area contributed by atoms with Crippen molar-refractivity contribution in [3.8, 4) is 0 Å². The second-order valence-electron chi connectivity index (χ2n) is 8.39. The van der Waals surface area contributed by atoms with Gasteiger partial charge in [0.1, 0.15) is 5.56 Å². The van der Waals surface area contributed by atoms with Gasteiger partial charge < -0.3 is 14.8 Å². The van der Waals surface area contributed by atoms with Crippen LogP contribution in [0.2, 0.25) is 0 Å². The number of hydrogen-bond donors (Lipinski definition) is 1. The van der Waals surface area contributed by atoms with Gasteiger partial charge in [-0.1, -0.05) is 0 Å². The highest BCUT2D eigenvalue weighted by Crippen LogP contribution is 2.42. The first-order valence-electron chi connectivity index (χ1n) is 9.69. The number of amides is 2. The Hall–Kier alpha value is -2.11. The van der Waals surface area contributed by atoms with E-state index in [2.05, 4.69) is 4.98 Å². The van der Waals surface area contributed by atoms with Gasteiger partial charge in [-0.2, -0.15) is 0 Å². The van der Waals surface area contributed by atoms with Crippen molar-refractivity contribution in [1.29, 1.82) is 0 Å². The normalized spacial score (nSPS) is 26.0. The molecule has 26 heavy (non-hydrogen) atoms. The number of aromatic nitrogens is 1. The fourth-order valence-corrected chi connectivity index (χ4v) is 4.64. The fraction of sp³-hybridized carbons (Fsp3) is 0.650. The van der Waals surface area contributed by atoms with Gasteiger partial charge in [0.05, 0.1) is 5.41 Å². The Morgan fingerprint density at radius 3 is 2.69 bits per heavy atom. The SMILES string of the molecule is Cc1cc(C)c(C(=O)N2CC[C@@]3(CCCN(CC4CC4)C3=O)C2)c(=O)[nH]1. The van der Waals surface area contributed by atoms with Gasteiger partial charge in [-0.05, 0) is 63.5 Å². The molecule has 1 aliphatic carbocycles. The summed E-state index contributed by atoms with van der Waals surface area (Å²) in [6.07, 6.45) is 5.03. The molecule has 1 N–H and O–H groups in total. The minimum absolute atomic E-state index is 0.214. The van der Waals surface area contributed by atoms with Crippen LogP contribution in [-0.4, -0.2) is 52.8 Å². The number of carbonyl (C=O) groups excluding carboxylic acids is 2. The van der Waals surface area contributed by atoms with Crippen molar-refractivity contribution in [2.45, 2.75) is 46.0 Å². The van der Waals surface area contributed by atoms with Crippen LogP contribution < -0.4 is 5.56 Å². The smallest absolute Gasteiger partial charge is 0.261 e. The zero-order chi connectivity index (χ0) is 18.5. The molecule has 2 saturated heterocycles. The van der Waals surface area contributed by atoms with Crippen molar-refractivity contribution in [2.24, 2.45) is 11.3 Å². The number of piperidine rings is 1. The number of nitrogens with zero attached hydrogens (tertiary/aromatic N) is 2. The summed E-state index contributed by atoms with van der Waals surface area (Å²) in [6, 6.07) is 1.82. The third-order valence-electron chi connectivity index (χ3n) is 6.22. The Kier molecular flexibility index (Phi) is 4.16. The summed E-state index contributed by atoms with van der Waals surface area (Å²) >= 11 is 0. The number of hydrogen-bond acceptors (Lipinski definition) is 3. The summed E-state index contributed by atoms with van der Waals surface area (Å²) < 4.78 is 0. The molecule has 1 spiro atoms. The van der Waals surface area contributed by atoms with Crippen LogP contribution in [0.5, 0.6) is 0 Å². The molecule has 0 aromatic carbocycles. The summed E-state index contributed by atoms with van der Waals surface area (Å²) in [7, 11) is 0. The molecular weight excluding hydrogens is 330 g/mol. The molecule has 1 aromatic heterocycles. The molecule has 140 valence electrons. The van der Waals surface area contributed by atoms with Gasteiger partial charge in [0, 0.05) is 31.9 Å². The standard InChI is InChI=1S/C20H27N3O3/c1-13-10-14(2)21-17(24)16(13)18(25)23-9-7-20(12-23)6-3-8-22(19(20)26)11-15-4-5-15/h10,15H,3-9,11-12H2,1-2H3,(H,21,24)/t20-/m0/s1. The average molecular weight is 357 g/mol. The third kappa shape index (κ3) is 2.95. The lowest BCUT2D eigenvalue weighted by Crippen LogP contribution is -2.51. The van der Waals surface area contributed by atoms with Crippen molar-refractivity contribution in [3.05, 3.63) is 33.2 Å². The maximum absolute atomic E-state index is 13.1. The van der Waals surface area contributed by atoms with Gasteiger partial charge in [0.2, 0.25) is 5.91 Å². The third-order valence-corrected chi connectivity index (χ3v) is 6.22. The molecule has 1 saturated carbocycles. The lowest BCUT2D eigenvalue weighted by molar-refractivity contribution is -0.145. The van der Waals surface area contributed by atoms with Crippen LogP contribution in [0, 0.1) is 25.2 Å². The second-order valence-corrected chi connectivity index (χ2v) is 8.39. The van der Waals surface area contributed by atoms with Crippen LogP contribution in [0.1, 0.15) is 53.7 Å². The second kappa shape index (κ2) is 6.25. The Morgan fingerprint density at radius 2 is 2.00 bits per heavy atom. The largest absolute Gasteiger partial charge is 0.342 e. The molecule has 0 radical (unpaired) electrons. The van der Waals surface area contributed by atoms with E-state index in [-0.39, 0.29) is 22.9 Å². The number of H-pyrrole nitrogens is 1. The molecule has 2 amide bonds. The Morgan fingerprint density at radius 1 is 1.23 bits per heavy atom. The quantitative estimate of drug-likeness (QED) is 0.897. The lowest BCUT2D eigenvalue weighted by atomic mass is 9.78. The van der Waals surface area contributed by atoms with Gasteiger partial charge in [-0.25, -0.2) is 0 Å². The van der Waals surface area contributed by atoms with Crippen LogP contribution >= 0.6 is 0 Å². The molecule has 3 aliphatic rings. The van der Waals surface area contributed by atoms with Crippen molar-refractivity contribution < 1.29 is 9.59 Å². The maximum atomic E-state index is 13.1. The molecule has 3 fully saturated rings. The minimum Gasteiger partial charge on any atom is -0.342 e. The Bertz CT molecular complexity index is 811. The van der Waals surface area contributed by atoms with Crippen LogP contribution in [0.25, 0.3) is 0 Å². The molecule has 1 atom stereocenters. The summed E-state index contributed by atoms with van der Waals surface area (Å²) in [4.78, 5) is 44.9. The lowest BCUT2D eigenvalue weighted by Gasteiger charge is -2.39. The summed E-state index contributed by atoms with van der Waals surface area (Å²) in [5.74, 6) is 0.662. The van der Waals surface area contributed by atoms with Crippen molar-refractivity contribution >= 4 is 11.8 Å². The van der Waals surface area contributed by atoms with E-state index < -0.39 is 5.41 Å². The van der Waals surface area contributed by atoms with E-state index >= 15 is 0 Å². The number of aromatic amines is 1. The number of aryl methyl sites for hydroxylation is 2. The van der Waals surface area contributed by atoms with E-state index in [0.29, 0.717) is 31.0 Å². The van der Waals surface area contributed by atoms with Gasteiger partial charge in [-0.15, -0.1) is 0 Å². The fourth-order valence-electron chi connectivity index (χ4n) is 4.64. The van der Waals surface area contributed by atoms with Crippen LogP contribution in [0.4, 0.5) is 0 Å². The number of pyridine rings is 1. The zero-order valence-electron chi connectivity index (χ0n) is 15.6. The first-order valence-corrected chi connectivity index (χ1v) is 9.69. The summed E-state index contributed by atoms with van der Waals surface area (Å²) in [6.45, 7) is 6.33. The first kappa shape index (κ1) is 17.3. The van der Waals surface area contributed by atoms with Crippen molar-refractivity contribution in [1.82, 2.24) is 14.8 Å². The highest BCUT2D eigenvalue weighted by molar-refractivity contribution is 5.96. The molecule has 4 rings (SSSR count). The predicted molar refractivity (Wildman–Crippen MR) is 98.0 cm³/mol. The summed E-state index contributed by atoms with van der Waals surface area (Å²) in [5, 5.41) is 0. The molecule has 6 nitrogen and oxygen atoms in total. The molecule has 1 aromatic rings. The van der Waals surface area contributed by atoms with Crippen molar-refractivity contribution in [2.75, 3.05) is 26.2 Å². The molecule has 0 unspecified atom stereocenters. The van der Waals surface area contributed by atoms with Crippen LogP contribution in [0.3, 0.4) is 0 Å². The number of carbonyl (C=O) groups is 2. The number of nitrogens with one attached hydrogen (secondary N) is 1.